The Balaban J connectivity index is 1.14. The van der Waals surface area contributed by atoms with Crippen LogP contribution in [0.3, 0.4) is 0 Å². The van der Waals surface area contributed by atoms with Crippen LogP contribution in [-0.4, -0.2) is 4.98 Å². The fourth-order valence-corrected chi connectivity index (χ4v) is 6.88. The van der Waals surface area contributed by atoms with Crippen LogP contribution in [0.4, 0.5) is 17.1 Å². The van der Waals surface area contributed by atoms with Crippen molar-refractivity contribution in [1.82, 2.24) is 4.98 Å². The first-order valence-corrected chi connectivity index (χ1v) is 16.9. The molecule has 0 atom stereocenters. The molecular weight excluding hydrogens is 609 g/mol. The normalized spacial score (nSPS) is 11.2. The zero-order valence-electron chi connectivity index (χ0n) is 27.3. The van der Waals surface area contributed by atoms with Crippen molar-refractivity contribution in [2.75, 3.05) is 4.90 Å². The van der Waals surface area contributed by atoms with Crippen molar-refractivity contribution in [2.45, 2.75) is 0 Å². The summed E-state index contributed by atoms with van der Waals surface area (Å²) in [4.78, 5) is 7.16. The van der Waals surface area contributed by atoms with Gasteiger partial charge in [-0.25, -0.2) is 4.98 Å². The van der Waals surface area contributed by atoms with Gasteiger partial charge in [0.05, 0.1) is 5.69 Å². The molecule has 1 aromatic heterocycles. The largest absolute Gasteiger partial charge is 0.435 e. The van der Waals surface area contributed by atoms with E-state index in [-0.39, 0.29) is 0 Å². The Morgan fingerprint density at radius 3 is 1.56 bits per heavy atom. The minimum Gasteiger partial charge on any atom is -0.435 e. The minimum atomic E-state index is 0.635. The lowest BCUT2D eigenvalue weighted by atomic mass is 9.97. The quantitative estimate of drug-likeness (QED) is 0.174. The average Bonchev–Trinajstić information content (AvgIpc) is 3.65. The lowest BCUT2D eigenvalue weighted by Crippen LogP contribution is -2.11. The van der Waals surface area contributed by atoms with E-state index in [1.54, 1.807) is 0 Å². The second-order valence-electron chi connectivity index (χ2n) is 12.4. The number of aromatic nitrogens is 1. The van der Waals surface area contributed by atoms with E-state index in [9.17, 15) is 0 Å². The van der Waals surface area contributed by atoms with E-state index in [1.165, 1.54) is 22.3 Å². The first-order valence-electron chi connectivity index (χ1n) is 16.9. The third-order valence-electron chi connectivity index (χ3n) is 9.33. The Labute approximate surface area is 291 Å². The highest BCUT2D eigenvalue weighted by Gasteiger charge is 2.18. The molecule has 9 rings (SSSR count). The molecule has 0 aliphatic carbocycles. The predicted octanol–water partition coefficient (Wildman–Crippen LogP) is 13.1. The lowest BCUT2D eigenvalue weighted by Gasteiger charge is -2.28. The van der Waals surface area contributed by atoms with Gasteiger partial charge in [0, 0.05) is 27.9 Å². The highest BCUT2D eigenvalue weighted by molar-refractivity contribution is 6.09. The van der Waals surface area contributed by atoms with Gasteiger partial charge in [-0.2, -0.15) is 0 Å². The van der Waals surface area contributed by atoms with Crippen molar-refractivity contribution in [3.8, 4) is 44.8 Å². The number of anilines is 3. The van der Waals surface area contributed by atoms with Gasteiger partial charge in [0.15, 0.2) is 5.58 Å². The van der Waals surface area contributed by atoms with Gasteiger partial charge in [0.2, 0.25) is 5.89 Å². The summed E-state index contributed by atoms with van der Waals surface area (Å²) >= 11 is 0. The van der Waals surface area contributed by atoms with Crippen LogP contribution in [0.15, 0.2) is 199 Å². The Hall–Kier alpha value is -6.71. The summed E-state index contributed by atoms with van der Waals surface area (Å²) in [5, 5.41) is 2.18. The average molecular weight is 641 g/mol. The highest BCUT2D eigenvalue weighted by atomic mass is 16.3. The number of hydrogen-bond donors (Lipinski definition) is 0. The fraction of sp³-hybridized carbons (Fsp3) is 0. The van der Waals surface area contributed by atoms with Crippen LogP contribution >= 0.6 is 0 Å². The van der Waals surface area contributed by atoms with Crippen molar-refractivity contribution >= 4 is 38.9 Å². The van der Waals surface area contributed by atoms with Crippen LogP contribution in [0.25, 0.3) is 66.7 Å². The topological polar surface area (TPSA) is 29.3 Å². The Morgan fingerprint density at radius 2 is 0.880 bits per heavy atom. The third-order valence-corrected chi connectivity index (χ3v) is 9.33. The molecule has 236 valence electrons. The number of hydrogen-bond acceptors (Lipinski definition) is 3. The molecule has 9 aromatic rings. The van der Waals surface area contributed by atoms with E-state index >= 15 is 0 Å². The van der Waals surface area contributed by atoms with Gasteiger partial charge in [-0.3, -0.25) is 0 Å². The monoisotopic (exact) mass is 640 g/mol. The van der Waals surface area contributed by atoms with E-state index < -0.39 is 0 Å². The predicted molar refractivity (Wildman–Crippen MR) is 208 cm³/mol. The van der Waals surface area contributed by atoms with Gasteiger partial charge in [-0.15, -0.1) is 0 Å². The van der Waals surface area contributed by atoms with Crippen LogP contribution in [0, 0.1) is 0 Å². The van der Waals surface area contributed by atoms with Gasteiger partial charge in [0.25, 0.3) is 0 Å². The van der Waals surface area contributed by atoms with Crippen LogP contribution in [0.2, 0.25) is 0 Å². The zero-order chi connectivity index (χ0) is 33.3. The SMILES string of the molecule is c1ccc(-c2ccc(N(c3ccc(-c4cccc5c4ccc4nc(-c6ccccc6)oc45)cc3)c3ccccc3-c3ccccc3)cc2)cc1. The van der Waals surface area contributed by atoms with Crippen LogP contribution in [-0.2, 0) is 0 Å². The van der Waals surface area contributed by atoms with Gasteiger partial charge in [-0.05, 0) is 81.7 Å². The second-order valence-corrected chi connectivity index (χ2v) is 12.4. The first kappa shape index (κ1) is 29.4. The maximum Gasteiger partial charge on any atom is 0.227 e. The van der Waals surface area contributed by atoms with E-state index in [4.69, 9.17) is 9.40 Å². The number of para-hydroxylation sites is 1. The zero-order valence-corrected chi connectivity index (χ0v) is 27.3. The molecule has 0 saturated heterocycles. The summed E-state index contributed by atoms with van der Waals surface area (Å²) in [6, 6.07) is 68.2. The summed E-state index contributed by atoms with van der Waals surface area (Å²) in [5.41, 5.74) is 12.9. The molecular formula is C47H32N2O. The van der Waals surface area contributed by atoms with Crippen LogP contribution in [0.5, 0.6) is 0 Å². The van der Waals surface area contributed by atoms with E-state index in [1.807, 2.05) is 30.3 Å². The van der Waals surface area contributed by atoms with Crippen LogP contribution in [0.1, 0.15) is 0 Å². The summed E-state index contributed by atoms with van der Waals surface area (Å²) in [6.45, 7) is 0. The summed E-state index contributed by atoms with van der Waals surface area (Å²) in [7, 11) is 0. The number of fused-ring (bicyclic) bond motifs is 3. The number of nitrogens with zero attached hydrogens (tertiary/aromatic N) is 2. The lowest BCUT2D eigenvalue weighted by molar-refractivity contribution is 0.623. The van der Waals surface area contributed by atoms with Crippen molar-refractivity contribution < 1.29 is 4.42 Å². The molecule has 1 heterocycles. The maximum atomic E-state index is 6.37. The number of benzene rings is 8. The molecule has 0 spiro atoms. The molecule has 3 heteroatoms. The number of oxazole rings is 1. The maximum absolute atomic E-state index is 6.37. The van der Waals surface area contributed by atoms with E-state index in [0.717, 1.165) is 55.6 Å². The van der Waals surface area contributed by atoms with Gasteiger partial charge >= 0.3 is 0 Å². The van der Waals surface area contributed by atoms with Gasteiger partial charge < -0.3 is 9.32 Å². The Bertz CT molecular complexity index is 2560. The number of rotatable bonds is 7. The summed E-state index contributed by atoms with van der Waals surface area (Å²) in [5.74, 6) is 0.635. The van der Waals surface area contributed by atoms with Crippen molar-refractivity contribution in [2.24, 2.45) is 0 Å². The molecule has 3 nitrogen and oxygen atoms in total. The molecule has 0 fully saturated rings. The van der Waals surface area contributed by atoms with Crippen molar-refractivity contribution in [1.29, 1.82) is 0 Å². The van der Waals surface area contributed by atoms with Crippen molar-refractivity contribution in [3.63, 3.8) is 0 Å². The Morgan fingerprint density at radius 1 is 0.360 bits per heavy atom. The molecule has 8 aromatic carbocycles. The second kappa shape index (κ2) is 12.7. The highest BCUT2D eigenvalue weighted by Crippen LogP contribution is 2.42. The molecule has 0 amide bonds. The van der Waals surface area contributed by atoms with E-state index in [0.29, 0.717) is 5.89 Å². The molecule has 0 saturated carbocycles. The van der Waals surface area contributed by atoms with Crippen LogP contribution < -0.4 is 4.90 Å². The molecule has 0 unspecified atom stereocenters. The molecule has 0 bridgehead atoms. The molecule has 0 aliphatic rings. The van der Waals surface area contributed by atoms with Gasteiger partial charge in [0.1, 0.15) is 5.52 Å². The summed E-state index contributed by atoms with van der Waals surface area (Å²) in [6.07, 6.45) is 0. The standard InChI is InChI=1S/C47H32N2O/c1-4-13-33(14-5-1)34-23-27-38(28-24-34)49(45-22-11-10-19-41(45)35-15-6-2-7-16-35)39-29-25-36(26-30-39)40-20-12-21-43-42(40)31-32-44-46(43)50-47(48-44)37-17-8-3-9-18-37/h1-32H. The molecule has 50 heavy (non-hydrogen) atoms. The first-order chi connectivity index (χ1) is 24.8. The summed E-state index contributed by atoms with van der Waals surface area (Å²) < 4.78 is 6.37. The fourth-order valence-electron chi connectivity index (χ4n) is 6.88. The third kappa shape index (κ3) is 5.41. The molecule has 0 radical (unpaired) electrons. The van der Waals surface area contributed by atoms with Crippen molar-refractivity contribution in [3.05, 3.63) is 194 Å². The molecule has 0 N–H and O–H groups in total. The minimum absolute atomic E-state index is 0.635. The Kier molecular flexibility index (Phi) is 7.49. The van der Waals surface area contributed by atoms with E-state index in [2.05, 4.69) is 169 Å². The smallest absolute Gasteiger partial charge is 0.227 e. The molecule has 0 aliphatic heterocycles. The van der Waals surface area contributed by atoms with Gasteiger partial charge in [-0.1, -0.05) is 146 Å².